The quantitative estimate of drug-likeness (QED) is 0.789. The number of benzene rings is 2. The van der Waals surface area contributed by atoms with Crippen LogP contribution in [0.2, 0.25) is 0 Å². The van der Waals surface area contributed by atoms with Gasteiger partial charge in [-0.1, -0.05) is 48.5 Å². The van der Waals surface area contributed by atoms with Crippen LogP contribution in [0.4, 0.5) is 5.82 Å². The third-order valence-corrected chi connectivity index (χ3v) is 5.43. The molecule has 0 unspecified atom stereocenters. The first kappa shape index (κ1) is 14.7. The predicted octanol–water partition coefficient (Wildman–Crippen LogP) is 3.92. The van der Waals surface area contributed by atoms with Crippen LogP contribution in [0.15, 0.2) is 65.6 Å². The van der Waals surface area contributed by atoms with Crippen LogP contribution in [0.3, 0.4) is 0 Å². The number of nitrogens with one attached hydrogen (secondary N) is 1. The van der Waals surface area contributed by atoms with E-state index in [-0.39, 0.29) is 4.90 Å². The van der Waals surface area contributed by atoms with Gasteiger partial charge in [0, 0.05) is 0 Å². The van der Waals surface area contributed by atoms with Gasteiger partial charge in [0.05, 0.1) is 14.8 Å². The zero-order valence-electron chi connectivity index (χ0n) is 11.9. The van der Waals surface area contributed by atoms with Crippen molar-refractivity contribution in [1.82, 2.24) is 4.98 Å². The van der Waals surface area contributed by atoms with Gasteiger partial charge in [-0.2, -0.15) is 0 Å². The van der Waals surface area contributed by atoms with Crippen molar-refractivity contribution >= 4 is 27.2 Å². The fraction of sp³-hybridized carbons (Fsp3) is 0.0625. The van der Waals surface area contributed by atoms with Crippen molar-refractivity contribution in [2.75, 3.05) is 4.72 Å². The Balaban J connectivity index is 2.00. The van der Waals surface area contributed by atoms with Crippen LogP contribution < -0.4 is 4.72 Å². The number of thiazole rings is 1. The SMILES string of the molecule is Cc1nc(NS(=O)(=O)c2ccccc2)c(-c2ccccc2)s1. The van der Waals surface area contributed by atoms with E-state index in [1.54, 1.807) is 30.3 Å². The number of hydrogen-bond donors (Lipinski definition) is 1. The minimum atomic E-state index is -3.64. The molecule has 6 heteroatoms. The van der Waals surface area contributed by atoms with Crippen LogP contribution in [0.25, 0.3) is 10.4 Å². The molecule has 0 amide bonds. The molecule has 0 spiro atoms. The van der Waals surface area contributed by atoms with Gasteiger partial charge >= 0.3 is 0 Å². The fourth-order valence-corrected chi connectivity index (χ4v) is 4.05. The lowest BCUT2D eigenvalue weighted by Crippen LogP contribution is -2.13. The molecule has 3 aromatic rings. The lowest BCUT2D eigenvalue weighted by molar-refractivity contribution is 0.601. The Bertz CT molecular complexity index is 873. The molecule has 0 bridgehead atoms. The molecular formula is C16H14N2O2S2. The summed E-state index contributed by atoms with van der Waals surface area (Å²) in [5.74, 6) is 0.373. The van der Waals surface area contributed by atoms with Crippen molar-refractivity contribution < 1.29 is 8.42 Å². The van der Waals surface area contributed by atoms with Crippen molar-refractivity contribution in [3.63, 3.8) is 0 Å². The van der Waals surface area contributed by atoms with E-state index < -0.39 is 10.0 Å². The maximum atomic E-state index is 12.4. The molecule has 0 aliphatic carbocycles. The van der Waals surface area contributed by atoms with E-state index in [0.29, 0.717) is 5.82 Å². The second kappa shape index (κ2) is 5.90. The van der Waals surface area contributed by atoms with E-state index in [1.165, 1.54) is 11.3 Å². The number of aromatic nitrogens is 1. The summed E-state index contributed by atoms with van der Waals surface area (Å²) in [6.45, 7) is 1.86. The molecule has 3 rings (SSSR count). The molecule has 0 aliphatic rings. The summed E-state index contributed by atoms with van der Waals surface area (Å²) in [7, 11) is -3.64. The Morgan fingerprint density at radius 1 is 0.955 bits per heavy atom. The summed E-state index contributed by atoms with van der Waals surface area (Å²) in [5.41, 5.74) is 0.943. The maximum Gasteiger partial charge on any atom is 0.263 e. The zero-order valence-corrected chi connectivity index (χ0v) is 13.5. The molecule has 22 heavy (non-hydrogen) atoms. The largest absolute Gasteiger partial charge is 0.263 e. The first-order chi connectivity index (χ1) is 10.6. The number of rotatable bonds is 4. The topological polar surface area (TPSA) is 59.1 Å². The van der Waals surface area contributed by atoms with Gasteiger partial charge in [-0.15, -0.1) is 11.3 Å². The first-order valence-electron chi connectivity index (χ1n) is 6.67. The van der Waals surface area contributed by atoms with E-state index in [2.05, 4.69) is 9.71 Å². The molecule has 0 fully saturated rings. The molecule has 1 heterocycles. The molecule has 0 atom stereocenters. The summed E-state index contributed by atoms with van der Waals surface area (Å²) in [5, 5.41) is 0.810. The van der Waals surface area contributed by atoms with Crippen molar-refractivity contribution in [3.05, 3.63) is 65.7 Å². The van der Waals surface area contributed by atoms with E-state index in [9.17, 15) is 8.42 Å². The normalized spacial score (nSPS) is 11.3. The molecule has 2 aromatic carbocycles. The highest BCUT2D eigenvalue weighted by Crippen LogP contribution is 2.34. The Hall–Kier alpha value is -2.18. The average molecular weight is 330 g/mol. The monoisotopic (exact) mass is 330 g/mol. The van der Waals surface area contributed by atoms with E-state index in [0.717, 1.165) is 15.4 Å². The number of hydrogen-bond acceptors (Lipinski definition) is 4. The van der Waals surface area contributed by atoms with E-state index >= 15 is 0 Å². The summed E-state index contributed by atoms with van der Waals surface area (Å²) in [6, 6.07) is 17.9. The van der Waals surface area contributed by atoms with Gasteiger partial charge in [-0.3, -0.25) is 4.72 Å². The number of aryl methyl sites for hydroxylation is 1. The molecule has 1 aromatic heterocycles. The molecule has 4 nitrogen and oxygen atoms in total. The number of sulfonamides is 1. The lowest BCUT2D eigenvalue weighted by atomic mass is 10.2. The summed E-state index contributed by atoms with van der Waals surface area (Å²) < 4.78 is 27.5. The van der Waals surface area contributed by atoms with Crippen molar-refractivity contribution in [3.8, 4) is 10.4 Å². The maximum absolute atomic E-state index is 12.4. The van der Waals surface area contributed by atoms with Crippen LogP contribution in [-0.2, 0) is 10.0 Å². The number of anilines is 1. The molecule has 112 valence electrons. The molecular weight excluding hydrogens is 316 g/mol. The summed E-state index contributed by atoms with van der Waals surface area (Å²) in [4.78, 5) is 5.37. The Morgan fingerprint density at radius 2 is 1.55 bits per heavy atom. The standard InChI is InChI=1S/C16H14N2O2S2/c1-12-17-16(15(21-12)13-8-4-2-5-9-13)18-22(19,20)14-10-6-3-7-11-14/h2-11,18H,1H3. The van der Waals surface area contributed by atoms with Gasteiger partial charge in [0.2, 0.25) is 0 Å². The van der Waals surface area contributed by atoms with Crippen LogP contribution in [0, 0.1) is 6.92 Å². The highest BCUT2D eigenvalue weighted by atomic mass is 32.2. The van der Waals surface area contributed by atoms with Gasteiger partial charge in [0.1, 0.15) is 0 Å². The van der Waals surface area contributed by atoms with Gasteiger partial charge in [0.15, 0.2) is 5.82 Å². The highest BCUT2D eigenvalue weighted by Gasteiger charge is 2.19. The van der Waals surface area contributed by atoms with Crippen LogP contribution in [0.5, 0.6) is 0 Å². The Kier molecular flexibility index (Phi) is 3.96. The van der Waals surface area contributed by atoms with E-state index in [1.807, 2.05) is 37.3 Å². The van der Waals surface area contributed by atoms with Crippen molar-refractivity contribution in [2.24, 2.45) is 0 Å². The summed E-state index contributed by atoms with van der Waals surface area (Å²) >= 11 is 1.47. The third kappa shape index (κ3) is 3.03. The van der Waals surface area contributed by atoms with E-state index in [4.69, 9.17) is 0 Å². The zero-order chi connectivity index (χ0) is 15.6. The Morgan fingerprint density at radius 3 is 2.18 bits per heavy atom. The Labute approximate surface area is 133 Å². The van der Waals surface area contributed by atoms with Crippen LogP contribution >= 0.6 is 11.3 Å². The first-order valence-corrected chi connectivity index (χ1v) is 8.97. The van der Waals surface area contributed by atoms with Gasteiger partial charge in [0.25, 0.3) is 10.0 Å². The molecule has 0 radical (unpaired) electrons. The lowest BCUT2D eigenvalue weighted by Gasteiger charge is -2.07. The summed E-state index contributed by atoms with van der Waals surface area (Å²) in [6.07, 6.45) is 0. The second-order valence-corrected chi connectivity index (χ2v) is 7.58. The smallest absolute Gasteiger partial charge is 0.262 e. The van der Waals surface area contributed by atoms with Gasteiger partial charge in [-0.05, 0) is 24.6 Å². The minimum absolute atomic E-state index is 0.222. The van der Waals surface area contributed by atoms with Crippen molar-refractivity contribution in [2.45, 2.75) is 11.8 Å². The van der Waals surface area contributed by atoms with Gasteiger partial charge < -0.3 is 0 Å². The fourth-order valence-electron chi connectivity index (χ4n) is 2.07. The molecule has 0 aliphatic heterocycles. The van der Waals surface area contributed by atoms with Crippen molar-refractivity contribution in [1.29, 1.82) is 0 Å². The molecule has 0 saturated carbocycles. The molecule has 1 N–H and O–H groups in total. The predicted molar refractivity (Wildman–Crippen MR) is 89.5 cm³/mol. The van der Waals surface area contributed by atoms with Gasteiger partial charge in [-0.25, -0.2) is 13.4 Å². The third-order valence-electron chi connectivity index (χ3n) is 3.05. The van der Waals surface area contributed by atoms with Crippen LogP contribution in [-0.4, -0.2) is 13.4 Å². The average Bonchev–Trinajstić information content (AvgIpc) is 2.89. The highest BCUT2D eigenvalue weighted by molar-refractivity contribution is 7.92. The molecule has 0 saturated heterocycles. The van der Waals surface area contributed by atoms with Crippen LogP contribution in [0.1, 0.15) is 5.01 Å². The number of nitrogens with zero attached hydrogens (tertiary/aromatic N) is 1. The second-order valence-electron chi connectivity index (χ2n) is 4.70. The minimum Gasteiger partial charge on any atom is -0.262 e.